The Hall–Kier alpha value is -1.32. The molecule has 0 aromatic carbocycles. The maximum Gasteiger partial charge on any atom is 0.333 e. The summed E-state index contributed by atoms with van der Waals surface area (Å²) >= 11 is 0. The molecule has 0 saturated carbocycles. The van der Waals surface area contributed by atoms with Gasteiger partial charge in [0.1, 0.15) is 0 Å². The van der Waals surface area contributed by atoms with Gasteiger partial charge in [0.2, 0.25) is 5.91 Å². The van der Waals surface area contributed by atoms with Crippen molar-refractivity contribution in [2.24, 2.45) is 0 Å². The van der Waals surface area contributed by atoms with E-state index >= 15 is 0 Å². The average Bonchev–Trinajstić information content (AvgIpc) is 2.40. The average molecular weight is 197 g/mol. The van der Waals surface area contributed by atoms with Crippen LogP contribution < -0.4 is 0 Å². The van der Waals surface area contributed by atoms with Crippen LogP contribution in [0.4, 0.5) is 0 Å². The van der Waals surface area contributed by atoms with Crippen LogP contribution in [0.15, 0.2) is 11.3 Å². The minimum absolute atomic E-state index is 0.0465. The van der Waals surface area contributed by atoms with Crippen LogP contribution in [0.5, 0.6) is 0 Å². The van der Waals surface area contributed by atoms with Crippen LogP contribution in [0.25, 0.3) is 0 Å². The van der Waals surface area contributed by atoms with E-state index in [-0.39, 0.29) is 17.9 Å². The largest absolute Gasteiger partial charge is 0.478 e. The Balaban J connectivity index is 2.76. The maximum absolute atomic E-state index is 11.4. The smallest absolute Gasteiger partial charge is 0.333 e. The van der Waals surface area contributed by atoms with Gasteiger partial charge in [-0.25, -0.2) is 4.79 Å². The fourth-order valence-electron chi connectivity index (χ4n) is 1.56. The quantitative estimate of drug-likeness (QED) is 0.740. The van der Waals surface area contributed by atoms with E-state index in [4.69, 9.17) is 5.11 Å². The zero-order chi connectivity index (χ0) is 10.7. The Bertz CT molecular complexity index is 294. The third-order valence-electron chi connectivity index (χ3n) is 2.46. The van der Waals surface area contributed by atoms with Crippen LogP contribution in [0.1, 0.15) is 33.1 Å². The fraction of sp³-hybridized carbons (Fsp3) is 0.600. The van der Waals surface area contributed by atoms with Crippen molar-refractivity contribution in [3.63, 3.8) is 0 Å². The number of unbranched alkanes of at least 4 members (excludes halogenated alkanes) is 1. The van der Waals surface area contributed by atoms with Gasteiger partial charge in [-0.1, -0.05) is 13.3 Å². The van der Waals surface area contributed by atoms with Gasteiger partial charge in [0, 0.05) is 12.2 Å². The van der Waals surface area contributed by atoms with E-state index in [1.165, 1.54) is 0 Å². The molecule has 78 valence electrons. The topological polar surface area (TPSA) is 57.6 Å². The fourth-order valence-corrected chi connectivity index (χ4v) is 1.56. The first-order valence-corrected chi connectivity index (χ1v) is 4.81. The normalized spacial score (nSPS) is 16.7. The minimum atomic E-state index is -0.977. The summed E-state index contributed by atoms with van der Waals surface area (Å²) in [6.07, 6.45) is 1.96. The molecule has 4 heteroatoms. The number of carbonyl (C=O) groups excluding carboxylic acids is 1. The van der Waals surface area contributed by atoms with Gasteiger partial charge in [0.15, 0.2) is 0 Å². The van der Waals surface area contributed by atoms with Crippen molar-refractivity contribution in [2.45, 2.75) is 33.1 Å². The second kappa shape index (κ2) is 4.26. The molecule has 0 saturated heterocycles. The lowest BCUT2D eigenvalue weighted by Crippen LogP contribution is -2.25. The van der Waals surface area contributed by atoms with Crippen LogP contribution in [0.2, 0.25) is 0 Å². The van der Waals surface area contributed by atoms with E-state index in [1.54, 1.807) is 11.8 Å². The summed E-state index contributed by atoms with van der Waals surface area (Å²) in [6, 6.07) is 0. The number of carbonyl (C=O) groups is 2. The minimum Gasteiger partial charge on any atom is -0.478 e. The molecule has 0 atom stereocenters. The van der Waals surface area contributed by atoms with Gasteiger partial charge >= 0.3 is 5.97 Å². The third-order valence-corrected chi connectivity index (χ3v) is 2.46. The molecule has 1 rings (SSSR count). The van der Waals surface area contributed by atoms with Crippen LogP contribution in [-0.2, 0) is 9.59 Å². The number of rotatable bonds is 4. The molecule has 0 aromatic rings. The van der Waals surface area contributed by atoms with Gasteiger partial charge < -0.3 is 10.0 Å². The third kappa shape index (κ3) is 1.95. The first kappa shape index (κ1) is 10.8. The molecule has 4 nitrogen and oxygen atoms in total. The standard InChI is InChI=1S/C10H15NO3/c1-3-4-5-11-7(2)8(10(13)14)6-9(11)12/h3-6H2,1-2H3,(H,13,14). The van der Waals surface area contributed by atoms with Crippen molar-refractivity contribution < 1.29 is 14.7 Å². The van der Waals surface area contributed by atoms with Crippen LogP contribution >= 0.6 is 0 Å². The van der Waals surface area contributed by atoms with Crippen molar-refractivity contribution in [3.05, 3.63) is 11.3 Å². The highest BCUT2D eigenvalue weighted by Gasteiger charge is 2.30. The molecule has 1 amide bonds. The highest BCUT2D eigenvalue weighted by atomic mass is 16.4. The Kier molecular flexibility index (Phi) is 3.28. The predicted octanol–water partition coefficient (Wildman–Crippen LogP) is 1.38. The first-order valence-electron chi connectivity index (χ1n) is 4.81. The Morgan fingerprint density at radius 3 is 2.64 bits per heavy atom. The van der Waals surface area contributed by atoms with Crippen molar-refractivity contribution >= 4 is 11.9 Å². The van der Waals surface area contributed by atoms with Crippen molar-refractivity contribution in [3.8, 4) is 0 Å². The summed E-state index contributed by atoms with van der Waals surface area (Å²) in [5.74, 6) is -1.07. The van der Waals surface area contributed by atoms with Gasteiger partial charge in [-0.05, 0) is 13.3 Å². The van der Waals surface area contributed by atoms with E-state index in [1.807, 2.05) is 6.92 Å². The van der Waals surface area contributed by atoms with Gasteiger partial charge in [0.25, 0.3) is 0 Å². The van der Waals surface area contributed by atoms with E-state index < -0.39 is 5.97 Å². The highest BCUT2D eigenvalue weighted by molar-refractivity contribution is 5.99. The van der Waals surface area contributed by atoms with Crippen molar-refractivity contribution in [1.29, 1.82) is 0 Å². The molecule has 1 aliphatic rings. The lowest BCUT2D eigenvalue weighted by Gasteiger charge is -2.17. The number of aliphatic carboxylic acids is 1. The number of carboxylic acids is 1. The van der Waals surface area contributed by atoms with Gasteiger partial charge in [-0.15, -0.1) is 0 Å². The number of hydrogen-bond donors (Lipinski definition) is 1. The van der Waals surface area contributed by atoms with Crippen LogP contribution in [0, 0.1) is 0 Å². The highest BCUT2D eigenvalue weighted by Crippen LogP contribution is 2.24. The molecular weight excluding hydrogens is 182 g/mol. The molecule has 0 aliphatic carbocycles. The molecule has 0 bridgehead atoms. The molecule has 1 N–H and O–H groups in total. The van der Waals surface area contributed by atoms with Crippen molar-refractivity contribution in [1.82, 2.24) is 4.90 Å². The summed E-state index contributed by atoms with van der Waals surface area (Å²) in [4.78, 5) is 23.7. The van der Waals surface area contributed by atoms with E-state index in [0.717, 1.165) is 12.8 Å². The van der Waals surface area contributed by atoms with Crippen LogP contribution in [0.3, 0.4) is 0 Å². The summed E-state index contributed by atoms with van der Waals surface area (Å²) in [6.45, 7) is 4.37. The molecular formula is C10H15NO3. The number of allylic oxidation sites excluding steroid dienone is 1. The number of amides is 1. The second-order valence-corrected chi connectivity index (χ2v) is 3.44. The van der Waals surface area contributed by atoms with Gasteiger partial charge in [-0.3, -0.25) is 4.79 Å². The summed E-state index contributed by atoms with van der Waals surface area (Å²) < 4.78 is 0. The molecule has 1 heterocycles. The first-order chi connectivity index (χ1) is 6.57. The maximum atomic E-state index is 11.4. The Morgan fingerprint density at radius 2 is 2.21 bits per heavy atom. The molecule has 1 aliphatic heterocycles. The Morgan fingerprint density at radius 1 is 1.57 bits per heavy atom. The van der Waals surface area contributed by atoms with E-state index in [0.29, 0.717) is 12.2 Å². The molecule has 0 aromatic heterocycles. The number of nitrogens with zero attached hydrogens (tertiary/aromatic N) is 1. The lowest BCUT2D eigenvalue weighted by molar-refractivity contribution is -0.134. The number of hydrogen-bond acceptors (Lipinski definition) is 2. The Labute approximate surface area is 83.2 Å². The predicted molar refractivity (Wildman–Crippen MR) is 51.6 cm³/mol. The summed E-state index contributed by atoms with van der Waals surface area (Å²) in [5.41, 5.74) is 0.849. The van der Waals surface area contributed by atoms with Gasteiger partial charge in [0.05, 0.1) is 12.0 Å². The van der Waals surface area contributed by atoms with E-state index in [9.17, 15) is 9.59 Å². The van der Waals surface area contributed by atoms with Crippen molar-refractivity contribution in [2.75, 3.05) is 6.54 Å². The molecule has 0 spiro atoms. The second-order valence-electron chi connectivity index (χ2n) is 3.44. The zero-order valence-electron chi connectivity index (χ0n) is 8.54. The molecule has 14 heavy (non-hydrogen) atoms. The van der Waals surface area contributed by atoms with E-state index in [2.05, 4.69) is 0 Å². The summed E-state index contributed by atoms with van der Waals surface area (Å²) in [5, 5.41) is 8.81. The monoisotopic (exact) mass is 197 g/mol. The van der Waals surface area contributed by atoms with Gasteiger partial charge in [-0.2, -0.15) is 0 Å². The SMILES string of the molecule is CCCCN1C(=O)CC(C(=O)O)=C1C. The zero-order valence-corrected chi connectivity index (χ0v) is 8.54. The lowest BCUT2D eigenvalue weighted by atomic mass is 10.2. The molecule has 0 fully saturated rings. The summed E-state index contributed by atoms with van der Waals surface area (Å²) in [7, 11) is 0. The molecule has 0 radical (unpaired) electrons. The van der Waals surface area contributed by atoms with Crippen LogP contribution in [-0.4, -0.2) is 28.4 Å². The molecule has 0 unspecified atom stereocenters. The number of carboxylic acid groups (broad SMARTS) is 1.